The Morgan fingerprint density at radius 1 is 1.06 bits per heavy atom. The van der Waals surface area contributed by atoms with Crippen molar-refractivity contribution in [3.63, 3.8) is 0 Å². The summed E-state index contributed by atoms with van der Waals surface area (Å²) < 4.78 is 6.73. The highest BCUT2D eigenvalue weighted by atomic mass is 32.2. The number of hydrogen-bond acceptors (Lipinski definition) is 7. The summed E-state index contributed by atoms with van der Waals surface area (Å²) in [6, 6.07) is 17.9. The number of nitrogens with one attached hydrogen (secondary N) is 1. The molecule has 0 unspecified atom stereocenters. The molecule has 31 heavy (non-hydrogen) atoms. The Kier molecular flexibility index (Phi) is 6.42. The fourth-order valence-electron chi connectivity index (χ4n) is 3.22. The number of thioether (sulfide) groups is 1. The number of benzene rings is 2. The molecular weight excluding hydrogens is 414 g/mol. The molecule has 0 fully saturated rings. The summed E-state index contributed by atoms with van der Waals surface area (Å²) in [5.74, 6) is 0.269. The topological polar surface area (TPSA) is 99.0 Å². The number of amides is 2. The van der Waals surface area contributed by atoms with E-state index in [0.29, 0.717) is 11.7 Å². The molecule has 2 aromatic carbocycles. The van der Waals surface area contributed by atoms with Gasteiger partial charge in [0.15, 0.2) is 11.0 Å². The van der Waals surface area contributed by atoms with Crippen LogP contribution in [0.25, 0.3) is 22.4 Å². The first kappa shape index (κ1) is 20.8. The predicted molar refractivity (Wildman–Crippen MR) is 118 cm³/mol. The first-order chi connectivity index (χ1) is 15.2. The molecule has 2 aromatic rings. The molecule has 2 aliphatic rings. The molecule has 9 heteroatoms. The van der Waals surface area contributed by atoms with Crippen LogP contribution in [0.1, 0.15) is 12.5 Å². The molecule has 1 N–H and O–H groups in total. The van der Waals surface area contributed by atoms with Crippen LogP contribution in [0.5, 0.6) is 0 Å². The summed E-state index contributed by atoms with van der Waals surface area (Å²) in [4.78, 5) is 28.3. The lowest BCUT2D eigenvalue weighted by Crippen LogP contribution is -2.32. The first-order valence-corrected chi connectivity index (χ1v) is 10.9. The molecular formula is C22H21N5O3S. The maximum atomic E-state index is 12.1. The number of aryl methyl sites for hydroxylation is 1. The second kappa shape index (κ2) is 9.57. The third-order valence-electron chi connectivity index (χ3n) is 4.64. The van der Waals surface area contributed by atoms with Gasteiger partial charge in [0.2, 0.25) is 5.91 Å². The zero-order valence-corrected chi connectivity index (χ0v) is 17.8. The van der Waals surface area contributed by atoms with E-state index in [9.17, 15) is 9.59 Å². The van der Waals surface area contributed by atoms with Crippen LogP contribution in [-0.2, 0) is 22.5 Å². The van der Waals surface area contributed by atoms with Gasteiger partial charge < -0.3 is 9.30 Å². The van der Waals surface area contributed by atoms with Crippen LogP contribution in [0.2, 0.25) is 0 Å². The summed E-state index contributed by atoms with van der Waals surface area (Å²) in [5.41, 5.74) is 2.76. The van der Waals surface area contributed by atoms with Gasteiger partial charge in [-0.05, 0) is 25.0 Å². The Morgan fingerprint density at radius 3 is 2.65 bits per heavy atom. The zero-order chi connectivity index (χ0) is 21.6. The Hall–Kier alpha value is -3.46. The van der Waals surface area contributed by atoms with Crippen LogP contribution in [0, 0.1) is 0 Å². The van der Waals surface area contributed by atoms with Crippen molar-refractivity contribution in [3.8, 4) is 11.5 Å². The van der Waals surface area contributed by atoms with Crippen molar-refractivity contribution in [2.75, 3.05) is 12.4 Å². The molecule has 0 aliphatic carbocycles. The van der Waals surface area contributed by atoms with Crippen molar-refractivity contribution in [2.24, 2.45) is 0 Å². The third-order valence-corrected chi connectivity index (χ3v) is 5.60. The normalized spacial score (nSPS) is 11.0. The predicted octanol–water partition coefficient (Wildman–Crippen LogP) is 3.54. The SMILES string of the molecule is CCOC(=O)NC(=O)CSc1nnc2c3ccccc3nc-2n1CCc1ccccc1. The first-order valence-electron chi connectivity index (χ1n) is 9.90. The lowest BCUT2D eigenvalue weighted by atomic mass is 10.1. The van der Waals surface area contributed by atoms with Crippen LogP contribution < -0.4 is 5.32 Å². The number of rotatable bonds is 7. The zero-order valence-electron chi connectivity index (χ0n) is 16.9. The van der Waals surface area contributed by atoms with E-state index >= 15 is 0 Å². The maximum Gasteiger partial charge on any atom is 0.413 e. The van der Waals surface area contributed by atoms with E-state index in [1.54, 1.807) is 6.92 Å². The summed E-state index contributed by atoms with van der Waals surface area (Å²) in [7, 11) is 0. The Labute approximate surface area is 183 Å². The lowest BCUT2D eigenvalue weighted by molar-refractivity contribution is -0.117. The summed E-state index contributed by atoms with van der Waals surface area (Å²) in [5, 5.41) is 12.4. The number of hydrogen-bond donors (Lipinski definition) is 1. The van der Waals surface area contributed by atoms with Crippen LogP contribution in [0.15, 0.2) is 59.8 Å². The monoisotopic (exact) mass is 435 g/mol. The van der Waals surface area contributed by atoms with Crippen LogP contribution in [-0.4, -0.2) is 44.1 Å². The minimum atomic E-state index is -0.754. The molecule has 2 amide bonds. The molecule has 4 rings (SSSR count). The number of nitrogens with zero attached hydrogens (tertiary/aromatic N) is 4. The van der Waals surface area contributed by atoms with Gasteiger partial charge in [-0.2, -0.15) is 0 Å². The highest BCUT2D eigenvalue weighted by Gasteiger charge is 2.21. The molecule has 2 heterocycles. The van der Waals surface area contributed by atoms with Crippen molar-refractivity contribution in [1.82, 2.24) is 25.1 Å². The minimum Gasteiger partial charge on any atom is -0.450 e. The second-order valence-electron chi connectivity index (χ2n) is 6.73. The van der Waals surface area contributed by atoms with Crippen molar-refractivity contribution in [2.45, 2.75) is 25.0 Å². The molecule has 2 aliphatic heterocycles. The highest BCUT2D eigenvalue weighted by Crippen LogP contribution is 2.31. The van der Waals surface area contributed by atoms with Crippen molar-refractivity contribution in [3.05, 3.63) is 60.2 Å². The quantitative estimate of drug-likeness (QED) is 0.443. The number of ether oxygens (including phenoxy) is 1. The number of carbonyl (C=O) groups excluding carboxylic acids is 2. The Morgan fingerprint density at radius 2 is 1.84 bits per heavy atom. The van der Waals surface area contributed by atoms with E-state index in [4.69, 9.17) is 9.72 Å². The van der Waals surface area contributed by atoms with E-state index in [1.807, 2.05) is 47.0 Å². The second-order valence-corrected chi connectivity index (χ2v) is 7.67. The Balaban J connectivity index is 1.61. The van der Waals surface area contributed by atoms with Gasteiger partial charge >= 0.3 is 6.09 Å². The fraction of sp³-hybridized carbons (Fsp3) is 0.227. The van der Waals surface area contributed by atoms with E-state index in [2.05, 4.69) is 27.6 Å². The smallest absolute Gasteiger partial charge is 0.413 e. The molecule has 0 saturated heterocycles. The van der Waals surface area contributed by atoms with Gasteiger partial charge in [-0.15, -0.1) is 10.2 Å². The van der Waals surface area contributed by atoms with Crippen LogP contribution >= 0.6 is 11.8 Å². The molecule has 0 bridgehead atoms. The van der Waals surface area contributed by atoms with Crippen molar-refractivity contribution in [1.29, 1.82) is 0 Å². The highest BCUT2D eigenvalue weighted by molar-refractivity contribution is 7.99. The van der Waals surface area contributed by atoms with E-state index in [-0.39, 0.29) is 12.4 Å². The molecule has 0 saturated carbocycles. The molecule has 0 aromatic heterocycles. The summed E-state index contributed by atoms with van der Waals surface area (Å²) >= 11 is 1.20. The van der Waals surface area contributed by atoms with Gasteiger partial charge in [-0.25, -0.2) is 9.78 Å². The van der Waals surface area contributed by atoms with Gasteiger partial charge in [0, 0.05) is 11.9 Å². The van der Waals surface area contributed by atoms with Gasteiger partial charge in [0.1, 0.15) is 5.69 Å². The third kappa shape index (κ3) is 4.83. The van der Waals surface area contributed by atoms with Gasteiger partial charge in [-0.1, -0.05) is 60.3 Å². The number of aromatic nitrogens is 4. The van der Waals surface area contributed by atoms with Crippen molar-refractivity contribution < 1.29 is 14.3 Å². The Bertz CT molecular complexity index is 1180. The average Bonchev–Trinajstić information content (AvgIpc) is 3.16. The number of para-hydroxylation sites is 1. The van der Waals surface area contributed by atoms with Gasteiger partial charge in [0.05, 0.1) is 17.9 Å². The molecule has 0 spiro atoms. The maximum absolute atomic E-state index is 12.1. The standard InChI is InChI=1S/C22H21N5O3S/c1-2-30-22(29)24-18(28)14-31-21-26-25-19-16-10-6-7-11-17(16)23-20(19)27(21)13-12-15-8-4-3-5-9-15/h3-11H,2,12-14H2,1H3,(H,24,28,29). The van der Waals surface area contributed by atoms with Crippen molar-refractivity contribution >= 4 is 34.7 Å². The van der Waals surface area contributed by atoms with E-state index in [0.717, 1.165) is 28.8 Å². The van der Waals surface area contributed by atoms with E-state index in [1.165, 1.54) is 17.3 Å². The molecule has 0 atom stereocenters. The van der Waals surface area contributed by atoms with Crippen LogP contribution in [0.4, 0.5) is 4.79 Å². The number of carbonyl (C=O) groups is 2. The van der Waals surface area contributed by atoms with Gasteiger partial charge in [0.25, 0.3) is 0 Å². The largest absolute Gasteiger partial charge is 0.450 e. The summed E-state index contributed by atoms with van der Waals surface area (Å²) in [6.07, 6.45) is 0.0218. The number of alkyl carbamates (subject to hydrolysis) is 1. The number of imide groups is 1. The molecule has 8 nitrogen and oxygen atoms in total. The fourth-order valence-corrected chi connectivity index (χ4v) is 3.99. The summed E-state index contributed by atoms with van der Waals surface area (Å²) in [6.45, 7) is 2.50. The molecule has 0 radical (unpaired) electrons. The van der Waals surface area contributed by atoms with E-state index < -0.39 is 12.0 Å². The minimum absolute atomic E-state index is 0.00453. The molecule has 158 valence electrons. The lowest BCUT2D eigenvalue weighted by Gasteiger charge is -2.15. The number of fused-ring (bicyclic) bond motifs is 3. The average molecular weight is 436 g/mol. The van der Waals surface area contributed by atoms with Crippen LogP contribution in [0.3, 0.4) is 0 Å². The van der Waals surface area contributed by atoms with Gasteiger partial charge in [-0.3, -0.25) is 10.1 Å².